The Labute approximate surface area is 147 Å². The zero-order valence-corrected chi connectivity index (χ0v) is 15.2. The lowest BCUT2D eigenvalue weighted by atomic mass is 10.1. The Balaban J connectivity index is 2.05. The molecule has 1 aromatic carbocycles. The monoisotopic (exact) mass is 368 g/mol. The SMILES string of the molecule is CC(C)NC(=O)C1CCNC(=O)N1CCc1ccc(S(N)(=O)=O)cc1. The Morgan fingerprint density at radius 1 is 1.36 bits per heavy atom. The molecule has 1 unspecified atom stereocenters. The number of carbonyl (C=O) groups is 2. The number of nitrogens with one attached hydrogen (secondary N) is 2. The van der Waals surface area contributed by atoms with Crippen LogP contribution in [0.4, 0.5) is 4.79 Å². The number of hydrogen-bond donors (Lipinski definition) is 3. The van der Waals surface area contributed by atoms with Crippen LogP contribution in [0.2, 0.25) is 0 Å². The van der Waals surface area contributed by atoms with Crippen molar-refractivity contribution in [3.05, 3.63) is 29.8 Å². The number of rotatable bonds is 6. The molecule has 1 atom stereocenters. The maximum atomic E-state index is 12.3. The molecule has 25 heavy (non-hydrogen) atoms. The van der Waals surface area contributed by atoms with E-state index in [0.717, 1.165) is 5.56 Å². The van der Waals surface area contributed by atoms with Crippen LogP contribution in [0.1, 0.15) is 25.8 Å². The maximum Gasteiger partial charge on any atom is 0.318 e. The first-order chi connectivity index (χ1) is 11.7. The van der Waals surface area contributed by atoms with Gasteiger partial charge < -0.3 is 15.5 Å². The lowest BCUT2D eigenvalue weighted by Crippen LogP contribution is -2.58. The molecule has 0 radical (unpaired) electrons. The number of benzene rings is 1. The predicted octanol–water partition coefficient (Wildman–Crippen LogP) is 0.185. The number of amides is 3. The van der Waals surface area contributed by atoms with E-state index in [1.807, 2.05) is 13.8 Å². The summed E-state index contributed by atoms with van der Waals surface area (Å²) >= 11 is 0. The molecule has 1 saturated heterocycles. The van der Waals surface area contributed by atoms with Gasteiger partial charge in [-0.15, -0.1) is 0 Å². The maximum absolute atomic E-state index is 12.3. The molecule has 0 bridgehead atoms. The van der Waals surface area contributed by atoms with Crippen LogP contribution in [0.3, 0.4) is 0 Å². The van der Waals surface area contributed by atoms with Gasteiger partial charge in [0.1, 0.15) is 6.04 Å². The summed E-state index contributed by atoms with van der Waals surface area (Å²) in [5.74, 6) is -0.158. The lowest BCUT2D eigenvalue weighted by molar-refractivity contribution is -0.126. The van der Waals surface area contributed by atoms with Crippen LogP contribution < -0.4 is 15.8 Å². The second-order valence-corrected chi connectivity index (χ2v) is 7.89. The molecule has 9 heteroatoms. The van der Waals surface area contributed by atoms with Gasteiger partial charge in [-0.1, -0.05) is 12.1 Å². The van der Waals surface area contributed by atoms with Crippen LogP contribution in [0.15, 0.2) is 29.2 Å². The van der Waals surface area contributed by atoms with Gasteiger partial charge in [-0.25, -0.2) is 18.4 Å². The fraction of sp³-hybridized carbons (Fsp3) is 0.500. The number of primary sulfonamides is 1. The fourth-order valence-electron chi connectivity index (χ4n) is 2.72. The van der Waals surface area contributed by atoms with E-state index < -0.39 is 16.1 Å². The van der Waals surface area contributed by atoms with E-state index in [2.05, 4.69) is 10.6 Å². The summed E-state index contributed by atoms with van der Waals surface area (Å²) in [6.45, 7) is 4.57. The molecule has 1 aliphatic rings. The second kappa shape index (κ2) is 7.83. The summed E-state index contributed by atoms with van der Waals surface area (Å²) in [4.78, 5) is 26.0. The molecule has 0 aromatic heterocycles. The molecule has 8 nitrogen and oxygen atoms in total. The van der Waals surface area contributed by atoms with Gasteiger partial charge in [0.05, 0.1) is 4.90 Å². The molecule has 1 aliphatic heterocycles. The zero-order valence-electron chi connectivity index (χ0n) is 14.4. The van der Waals surface area contributed by atoms with Crippen molar-refractivity contribution in [3.63, 3.8) is 0 Å². The molecule has 1 aromatic rings. The molecule has 3 amide bonds. The van der Waals surface area contributed by atoms with Crippen molar-refractivity contribution in [1.82, 2.24) is 15.5 Å². The van der Waals surface area contributed by atoms with Crippen LogP contribution in [0, 0.1) is 0 Å². The number of hydrogen-bond acceptors (Lipinski definition) is 4. The third-order valence-corrected chi connectivity index (χ3v) is 4.89. The Hall–Kier alpha value is -2.13. The minimum absolute atomic E-state index is 0.00472. The molecular weight excluding hydrogens is 344 g/mol. The minimum Gasteiger partial charge on any atom is -0.352 e. The van der Waals surface area contributed by atoms with Gasteiger partial charge >= 0.3 is 6.03 Å². The van der Waals surface area contributed by atoms with Gasteiger partial charge in [0.25, 0.3) is 0 Å². The third-order valence-electron chi connectivity index (χ3n) is 3.96. The normalized spacial score (nSPS) is 18.2. The van der Waals surface area contributed by atoms with E-state index in [9.17, 15) is 18.0 Å². The van der Waals surface area contributed by atoms with E-state index >= 15 is 0 Å². The van der Waals surface area contributed by atoms with Crippen LogP contribution in [-0.4, -0.2) is 50.4 Å². The van der Waals surface area contributed by atoms with Crippen molar-refractivity contribution in [3.8, 4) is 0 Å². The van der Waals surface area contributed by atoms with Gasteiger partial charge in [0.2, 0.25) is 15.9 Å². The van der Waals surface area contributed by atoms with Crippen molar-refractivity contribution in [2.75, 3.05) is 13.1 Å². The highest BCUT2D eigenvalue weighted by atomic mass is 32.2. The average molecular weight is 368 g/mol. The van der Waals surface area contributed by atoms with E-state index in [1.165, 1.54) is 17.0 Å². The molecule has 4 N–H and O–H groups in total. The number of nitrogens with zero attached hydrogens (tertiary/aromatic N) is 1. The van der Waals surface area contributed by atoms with Crippen LogP contribution >= 0.6 is 0 Å². The number of nitrogens with two attached hydrogens (primary N) is 1. The predicted molar refractivity (Wildman–Crippen MR) is 93.3 cm³/mol. The first kappa shape index (κ1) is 19.2. The van der Waals surface area contributed by atoms with Gasteiger partial charge in [0, 0.05) is 19.1 Å². The molecule has 2 rings (SSSR count). The number of urea groups is 1. The van der Waals surface area contributed by atoms with Gasteiger partial charge in [-0.3, -0.25) is 4.79 Å². The van der Waals surface area contributed by atoms with Crippen LogP contribution in [-0.2, 0) is 21.2 Å². The fourth-order valence-corrected chi connectivity index (χ4v) is 3.24. The van der Waals surface area contributed by atoms with Crippen LogP contribution in [0.25, 0.3) is 0 Å². The van der Waals surface area contributed by atoms with Crippen molar-refractivity contribution in [2.45, 2.75) is 43.7 Å². The minimum atomic E-state index is -3.72. The van der Waals surface area contributed by atoms with Crippen molar-refractivity contribution in [1.29, 1.82) is 0 Å². The Kier molecular flexibility index (Phi) is 6.02. The summed E-state index contributed by atoms with van der Waals surface area (Å²) in [5.41, 5.74) is 0.855. The highest BCUT2D eigenvalue weighted by Crippen LogP contribution is 2.14. The summed E-state index contributed by atoms with van der Waals surface area (Å²) < 4.78 is 22.5. The van der Waals surface area contributed by atoms with Gasteiger partial charge in [0.15, 0.2) is 0 Å². The molecule has 1 heterocycles. The Morgan fingerprint density at radius 2 is 2.00 bits per heavy atom. The summed E-state index contributed by atoms with van der Waals surface area (Å²) in [7, 11) is -3.72. The molecule has 1 fully saturated rings. The number of carbonyl (C=O) groups excluding carboxylic acids is 2. The summed E-state index contributed by atoms with van der Waals surface area (Å²) in [6, 6.07) is 5.42. The smallest absolute Gasteiger partial charge is 0.318 e. The molecule has 0 aliphatic carbocycles. The molecule has 0 spiro atoms. The highest BCUT2D eigenvalue weighted by molar-refractivity contribution is 7.89. The Morgan fingerprint density at radius 3 is 2.56 bits per heavy atom. The van der Waals surface area contributed by atoms with Crippen molar-refractivity contribution < 1.29 is 18.0 Å². The average Bonchev–Trinajstić information content (AvgIpc) is 2.52. The topological polar surface area (TPSA) is 122 Å². The first-order valence-electron chi connectivity index (χ1n) is 8.15. The van der Waals surface area contributed by atoms with E-state index in [1.54, 1.807) is 12.1 Å². The Bertz CT molecular complexity index is 731. The third kappa shape index (κ3) is 5.17. The van der Waals surface area contributed by atoms with E-state index in [4.69, 9.17) is 5.14 Å². The number of sulfonamides is 1. The quantitative estimate of drug-likeness (QED) is 0.663. The van der Waals surface area contributed by atoms with Crippen molar-refractivity contribution in [2.24, 2.45) is 5.14 Å². The highest BCUT2D eigenvalue weighted by Gasteiger charge is 2.32. The van der Waals surface area contributed by atoms with Gasteiger partial charge in [-0.2, -0.15) is 0 Å². The largest absolute Gasteiger partial charge is 0.352 e. The van der Waals surface area contributed by atoms with E-state index in [-0.39, 0.29) is 22.9 Å². The summed E-state index contributed by atoms with van der Waals surface area (Å²) in [5, 5.41) is 10.7. The molecule has 0 saturated carbocycles. The molecule has 138 valence electrons. The zero-order chi connectivity index (χ0) is 18.6. The first-order valence-corrected chi connectivity index (χ1v) is 9.69. The summed E-state index contributed by atoms with van der Waals surface area (Å²) in [6.07, 6.45) is 1.05. The van der Waals surface area contributed by atoms with Gasteiger partial charge in [-0.05, 0) is 44.4 Å². The van der Waals surface area contributed by atoms with Crippen molar-refractivity contribution >= 4 is 22.0 Å². The standard InChI is InChI=1S/C16H24N4O4S/c1-11(2)19-15(21)14-7-9-18-16(22)20(14)10-8-12-3-5-13(6-4-12)25(17,23)24/h3-6,11,14H,7-10H2,1-2H3,(H,18,22)(H,19,21)(H2,17,23,24). The van der Waals surface area contributed by atoms with Crippen LogP contribution in [0.5, 0.6) is 0 Å². The van der Waals surface area contributed by atoms with E-state index in [0.29, 0.717) is 25.9 Å². The molecular formula is C16H24N4O4S. The lowest BCUT2D eigenvalue weighted by Gasteiger charge is -2.35. The second-order valence-electron chi connectivity index (χ2n) is 6.33.